The molecule has 2 heterocycles. The van der Waals surface area contributed by atoms with Crippen molar-refractivity contribution in [3.63, 3.8) is 0 Å². The molecule has 6 nitrogen and oxygen atoms in total. The predicted molar refractivity (Wildman–Crippen MR) is 66.3 cm³/mol. The van der Waals surface area contributed by atoms with Crippen molar-refractivity contribution >= 4 is 33.3 Å². The molecule has 0 saturated heterocycles. The molecule has 2 aromatic rings. The Hall–Kier alpha value is -2.02. The molecule has 0 fully saturated rings. The summed E-state index contributed by atoms with van der Waals surface area (Å²) in [5.41, 5.74) is 6.14. The highest BCUT2D eigenvalue weighted by atomic mass is 79.9. The minimum absolute atomic E-state index is 0.194. The zero-order chi connectivity index (χ0) is 12.3. The smallest absolute Gasteiger partial charge is 0.275 e. The summed E-state index contributed by atoms with van der Waals surface area (Å²) in [6.45, 7) is 0. The first-order valence-corrected chi connectivity index (χ1v) is 5.44. The fraction of sp³-hybridized carbons (Fsp3) is 0. The number of anilines is 2. The van der Waals surface area contributed by atoms with Crippen molar-refractivity contribution in [3.8, 4) is 0 Å². The monoisotopic (exact) mass is 293 g/mol. The van der Waals surface area contributed by atoms with Gasteiger partial charge >= 0.3 is 0 Å². The maximum atomic E-state index is 11.7. The Morgan fingerprint density at radius 1 is 1.24 bits per heavy atom. The lowest BCUT2D eigenvalue weighted by atomic mass is 10.3. The summed E-state index contributed by atoms with van der Waals surface area (Å²) in [5, 5.41) is 2.64. The first-order valence-electron chi connectivity index (χ1n) is 4.64. The average Bonchev–Trinajstić information content (AvgIpc) is 2.29. The van der Waals surface area contributed by atoms with Crippen LogP contribution in [0.5, 0.6) is 0 Å². The Balaban J connectivity index is 2.14. The van der Waals surface area contributed by atoms with E-state index in [-0.39, 0.29) is 17.4 Å². The van der Waals surface area contributed by atoms with Gasteiger partial charge in [0.1, 0.15) is 11.5 Å². The average molecular weight is 294 g/mol. The van der Waals surface area contributed by atoms with Crippen molar-refractivity contribution in [2.75, 3.05) is 11.1 Å². The molecule has 86 valence electrons. The zero-order valence-electron chi connectivity index (χ0n) is 8.59. The fourth-order valence-corrected chi connectivity index (χ4v) is 1.50. The third-order valence-corrected chi connectivity index (χ3v) is 2.30. The second-order valence-electron chi connectivity index (χ2n) is 3.17. The number of nitrogens with two attached hydrogens (primary N) is 1. The van der Waals surface area contributed by atoms with E-state index in [1.807, 2.05) is 0 Å². The minimum Gasteiger partial charge on any atom is -0.382 e. The number of rotatable bonds is 2. The van der Waals surface area contributed by atoms with Crippen molar-refractivity contribution in [2.24, 2.45) is 0 Å². The lowest BCUT2D eigenvalue weighted by Crippen LogP contribution is -2.14. The van der Waals surface area contributed by atoms with Gasteiger partial charge in [0, 0.05) is 10.7 Å². The van der Waals surface area contributed by atoms with Crippen LogP contribution in [0.25, 0.3) is 0 Å². The fourth-order valence-electron chi connectivity index (χ4n) is 1.13. The standard InChI is InChI=1S/C10H8BrN5O/c11-6-1-7(3-13-2-6)16-10(17)8-4-15-9(12)5-14-8/h1-5H,(H2,12,15)(H,16,17). The van der Waals surface area contributed by atoms with Crippen LogP contribution in [-0.4, -0.2) is 20.9 Å². The zero-order valence-corrected chi connectivity index (χ0v) is 10.2. The van der Waals surface area contributed by atoms with Gasteiger partial charge in [0.25, 0.3) is 5.91 Å². The van der Waals surface area contributed by atoms with Crippen LogP contribution in [0.4, 0.5) is 11.5 Å². The normalized spacial score (nSPS) is 9.94. The van der Waals surface area contributed by atoms with Crippen LogP contribution in [0.3, 0.4) is 0 Å². The number of halogens is 1. The van der Waals surface area contributed by atoms with Crippen LogP contribution in [0.2, 0.25) is 0 Å². The third kappa shape index (κ3) is 2.97. The maximum absolute atomic E-state index is 11.7. The second-order valence-corrected chi connectivity index (χ2v) is 4.09. The first kappa shape index (κ1) is 11.5. The first-order chi connectivity index (χ1) is 8.15. The number of aromatic nitrogens is 3. The van der Waals surface area contributed by atoms with Gasteiger partial charge in [-0.25, -0.2) is 9.97 Å². The molecule has 0 aromatic carbocycles. The molecule has 0 unspecified atom stereocenters. The quantitative estimate of drug-likeness (QED) is 0.874. The van der Waals surface area contributed by atoms with E-state index in [4.69, 9.17) is 5.73 Å². The van der Waals surface area contributed by atoms with Gasteiger partial charge in [-0.2, -0.15) is 0 Å². The van der Waals surface area contributed by atoms with Crippen LogP contribution in [-0.2, 0) is 0 Å². The number of pyridine rings is 1. The SMILES string of the molecule is Nc1cnc(C(=O)Nc2cncc(Br)c2)cn1. The number of hydrogen-bond acceptors (Lipinski definition) is 5. The topological polar surface area (TPSA) is 93.8 Å². The van der Waals surface area contributed by atoms with Crippen molar-refractivity contribution in [1.82, 2.24) is 15.0 Å². The van der Waals surface area contributed by atoms with Gasteiger partial charge in [0.2, 0.25) is 0 Å². The molecule has 2 rings (SSSR count). The molecule has 1 amide bonds. The van der Waals surface area contributed by atoms with Crippen LogP contribution in [0.1, 0.15) is 10.5 Å². The van der Waals surface area contributed by atoms with E-state index in [9.17, 15) is 4.79 Å². The molecule has 0 radical (unpaired) electrons. The number of nitrogens with zero attached hydrogens (tertiary/aromatic N) is 3. The van der Waals surface area contributed by atoms with Gasteiger partial charge < -0.3 is 11.1 Å². The number of nitrogens with one attached hydrogen (secondary N) is 1. The van der Waals surface area contributed by atoms with E-state index in [1.165, 1.54) is 18.6 Å². The van der Waals surface area contributed by atoms with Gasteiger partial charge in [-0.1, -0.05) is 0 Å². The van der Waals surface area contributed by atoms with Crippen LogP contribution < -0.4 is 11.1 Å². The van der Waals surface area contributed by atoms with Crippen LogP contribution in [0, 0.1) is 0 Å². The van der Waals surface area contributed by atoms with Gasteiger partial charge in [-0.05, 0) is 22.0 Å². The lowest BCUT2D eigenvalue weighted by molar-refractivity contribution is 0.102. The van der Waals surface area contributed by atoms with Crippen molar-refractivity contribution in [3.05, 3.63) is 41.0 Å². The Bertz CT molecular complexity index is 543. The molecule has 7 heteroatoms. The molecular weight excluding hydrogens is 286 g/mol. The Morgan fingerprint density at radius 3 is 2.71 bits per heavy atom. The molecule has 0 aliphatic heterocycles. The molecule has 0 aliphatic rings. The summed E-state index contributed by atoms with van der Waals surface area (Å²) < 4.78 is 0.777. The molecule has 0 saturated carbocycles. The molecule has 3 N–H and O–H groups in total. The Labute approximate surface area is 105 Å². The summed E-state index contributed by atoms with van der Waals surface area (Å²) in [5.74, 6) is -0.0944. The number of hydrogen-bond donors (Lipinski definition) is 2. The lowest BCUT2D eigenvalue weighted by Gasteiger charge is -2.04. The predicted octanol–water partition coefficient (Wildman–Crippen LogP) is 1.47. The highest BCUT2D eigenvalue weighted by Gasteiger charge is 2.08. The number of amides is 1. The van der Waals surface area contributed by atoms with Gasteiger partial charge in [0.05, 0.1) is 24.3 Å². The molecule has 17 heavy (non-hydrogen) atoms. The van der Waals surface area contributed by atoms with Crippen LogP contribution >= 0.6 is 15.9 Å². The molecule has 0 bridgehead atoms. The summed E-state index contributed by atoms with van der Waals surface area (Å²) in [4.78, 5) is 23.3. The molecule has 0 spiro atoms. The number of carbonyl (C=O) groups is 1. The molecule has 2 aromatic heterocycles. The summed E-state index contributed by atoms with van der Waals surface area (Å²) in [6.07, 6.45) is 5.80. The van der Waals surface area contributed by atoms with Crippen molar-refractivity contribution in [1.29, 1.82) is 0 Å². The van der Waals surface area contributed by atoms with Crippen molar-refractivity contribution in [2.45, 2.75) is 0 Å². The van der Waals surface area contributed by atoms with E-state index in [0.29, 0.717) is 5.69 Å². The van der Waals surface area contributed by atoms with E-state index < -0.39 is 0 Å². The van der Waals surface area contributed by atoms with Crippen LogP contribution in [0.15, 0.2) is 35.3 Å². The van der Waals surface area contributed by atoms with E-state index in [2.05, 4.69) is 36.2 Å². The van der Waals surface area contributed by atoms with Gasteiger partial charge in [-0.3, -0.25) is 9.78 Å². The van der Waals surface area contributed by atoms with Gasteiger partial charge in [-0.15, -0.1) is 0 Å². The number of carbonyl (C=O) groups excluding carboxylic acids is 1. The maximum Gasteiger partial charge on any atom is 0.275 e. The van der Waals surface area contributed by atoms with Gasteiger partial charge in [0.15, 0.2) is 0 Å². The molecule has 0 aliphatic carbocycles. The highest BCUT2D eigenvalue weighted by Crippen LogP contribution is 2.14. The molecule has 0 atom stereocenters. The minimum atomic E-state index is -0.364. The third-order valence-electron chi connectivity index (χ3n) is 1.87. The number of nitrogen functional groups attached to an aromatic ring is 1. The highest BCUT2D eigenvalue weighted by molar-refractivity contribution is 9.10. The summed E-state index contributed by atoms with van der Waals surface area (Å²) in [6, 6.07) is 1.73. The second kappa shape index (κ2) is 4.88. The molecular formula is C10H8BrN5O. The Kier molecular flexibility index (Phi) is 3.29. The van der Waals surface area contributed by atoms with E-state index >= 15 is 0 Å². The van der Waals surface area contributed by atoms with E-state index in [0.717, 1.165) is 4.47 Å². The largest absolute Gasteiger partial charge is 0.382 e. The Morgan fingerprint density at radius 2 is 2.06 bits per heavy atom. The summed E-state index contributed by atoms with van der Waals surface area (Å²) in [7, 11) is 0. The van der Waals surface area contributed by atoms with E-state index in [1.54, 1.807) is 12.3 Å². The summed E-state index contributed by atoms with van der Waals surface area (Å²) >= 11 is 3.26. The van der Waals surface area contributed by atoms with Crippen molar-refractivity contribution < 1.29 is 4.79 Å².